The van der Waals surface area contributed by atoms with E-state index in [2.05, 4.69) is 79.2 Å². The van der Waals surface area contributed by atoms with Gasteiger partial charge < -0.3 is 0 Å². The molecule has 0 amide bonds. The fraction of sp³-hybridized carbons (Fsp3) is 0.412. The summed E-state index contributed by atoms with van der Waals surface area (Å²) in [7, 11) is -1.39. The van der Waals surface area contributed by atoms with Gasteiger partial charge in [-0.2, -0.15) is 0 Å². The maximum atomic E-state index is 4.79. The molecule has 1 radical (unpaired) electrons. The van der Waals surface area contributed by atoms with Crippen molar-refractivity contribution in [2.45, 2.75) is 45.1 Å². The summed E-state index contributed by atoms with van der Waals surface area (Å²) in [5, 5.41) is 0. The van der Waals surface area contributed by atoms with Crippen molar-refractivity contribution in [1.82, 2.24) is 0 Å². The van der Waals surface area contributed by atoms with Crippen LogP contribution >= 0.6 is 0 Å². The van der Waals surface area contributed by atoms with Crippen molar-refractivity contribution in [3.05, 3.63) is 53.8 Å². The van der Waals surface area contributed by atoms with Crippen molar-refractivity contribution in [1.29, 1.82) is 0 Å². The first kappa shape index (κ1) is 17.2. The molecule has 0 spiro atoms. The van der Waals surface area contributed by atoms with Crippen molar-refractivity contribution in [2.75, 3.05) is 0 Å². The van der Waals surface area contributed by atoms with Crippen LogP contribution in [0, 0.1) is 0 Å². The maximum absolute atomic E-state index is 4.79. The van der Waals surface area contributed by atoms with Crippen LogP contribution in [0.1, 0.15) is 18.9 Å². The van der Waals surface area contributed by atoms with Crippen LogP contribution in [0.2, 0.25) is 25.2 Å². The zero-order valence-electron chi connectivity index (χ0n) is 12.9. The number of nitrogens with zero attached hydrogens (tertiary/aromatic N) is 1. The van der Waals surface area contributed by atoms with Crippen molar-refractivity contribution < 1.29 is 0 Å². The van der Waals surface area contributed by atoms with Gasteiger partial charge in [0.05, 0.1) is 0 Å². The van der Waals surface area contributed by atoms with E-state index in [9.17, 15) is 0 Å². The summed E-state index contributed by atoms with van der Waals surface area (Å²) in [4.78, 5) is 4.79. The van der Waals surface area contributed by atoms with Gasteiger partial charge in [0.1, 0.15) is 0 Å². The second-order valence-corrected chi connectivity index (χ2v) is 12.2. The van der Waals surface area contributed by atoms with E-state index in [1.165, 1.54) is 11.1 Å². The van der Waals surface area contributed by atoms with Crippen LogP contribution in [-0.4, -0.2) is 28.7 Å². The van der Waals surface area contributed by atoms with E-state index in [0.717, 1.165) is 17.6 Å². The Labute approximate surface area is 132 Å². The minimum absolute atomic E-state index is 0.397. The standard InChI is InChI=1S/C17H24NSeSi/c1-6-15(7-2)16(20(3,4)5)17(19)18-13-14-11-9-8-10-12-14/h8-12,16H,1,7,13H2,2-5H3. The molecule has 107 valence electrons. The second-order valence-electron chi connectivity index (χ2n) is 5.99. The molecule has 1 unspecified atom stereocenters. The van der Waals surface area contributed by atoms with E-state index >= 15 is 0 Å². The van der Waals surface area contributed by atoms with Gasteiger partial charge in [0.2, 0.25) is 0 Å². The third-order valence-corrected chi connectivity index (χ3v) is 6.92. The van der Waals surface area contributed by atoms with Crippen molar-refractivity contribution >= 4 is 28.7 Å². The van der Waals surface area contributed by atoms with Crippen molar-refractivity contribution in [3.8, 4) is 0 Å². The average Bonchev–Trinajstić information content (AvgIpc) is 2.41. The van der Waals surface area contributed by atoms with Crippen LogP contribution < -0.4 is 0 Å². The number of hydrogen-bond donors (Lipinski definition) is 0. The van der Waals surface area contributed by atoms with Gasteiger partial charge in [0.25, 0.3) is 0 Å². The predicted molar refractivity (Wildman–Crippen MR) is 93.4 cm³/mol. The molecule has 0 aliphatic rings. The molecule has 1 nitrogen and oxygen atoms in total. The summed E-state index contributed by atoms with van der Waals surface area (Å²) in [5.41, 5.74) is 6.07. The fourth-order valence-corrected chi connectivity index (χ4v) is 7.16. The molecule has 0 N–H and O–H groups in total. The summed E-state index contributed by atoms with van der Waals surface area (Å²) >= 11 is 3.20. The molecule has 1 rings (SSSR count). The number of allylic oxidation sites excluding steroid dienone is 1. The van der Waals surface area contributed by atoms with Gasteiger partial charge in [-0.05, 0) is 0 Å². The SMILES string of the molecule is C=C=C(CC)C(C([Se])=NCc1ccccc1)[Si](C)(C)C. The van der Waals surface area contributed by atoms with Gasteiger partial charge in [-0.1, -0.05) is 0 Å². The Morgan fingerprint density at radius 3 is 2.35 bits per heavy atom. The number of aliphatic imine (C=N–C) groups is 1. The van der Waals surface area contributed by atoms with Gasteiger partial charge in [0, 0.05) is 0 Å². The molecule has 20 heavy (non-hydrogen) atoms. The normalized spacial score (nSPS) is 13.7. The van der Waals surface area contributed by atoms with Crippen LogP contribution in [-0.2, 0) is 6.54 Å². The van der Waals surface area contributed by atoms with Gasteiger partial charge in [-0.3, -0.25) is 0 Å². The Morgan fingerprint density at radius 1 is 1.30 bits per heavy atom. The molecule has 0 heterocycles. The predicted octanol–water partition coefficient (Wildman–Crippen LogP) is 4.58. The molecular formula is C17H24NSeSi. The van der Waals surface area contributed by atoms with Crippen LogP contribution in [0.3, 0.4) is 0 Å². The van der Waals surface area contributed by atoms with E-state index < -0.39 is 8.07 Å². The van der Waals surface area contributed by atoms with Crippen molar-refractivity contribution in [2.24, 2.45) is 4.99 Å². The van der Waals surface area contributed by atoms with E-state index in [-0.39, 0.29) is 0 Å². The minimum atomic E-state index is -1.39. The van der Waals surface area contributed by atoms with Crippen LogP contribution in [0.4, 0.5) is 0 Å². The molecule has 1 aromatic rings. The Balaban J connectivity index is 3.00. The van der Waals surface area contributed by atoms with Gasteiger partial charge in [-0.25, -0.2) is 0 Å². The van der Waals surface area contributed by atoms with E-state index in [1.54, 1.807) is 0 Å². The Kier molecular flexibility index (Phi) is 6.71. The molecule has 0 saturated carbocycles. The molecule has 0 saturated heterocycles. The number of benzene rings is 1. The monoisotopic (exact) mass is 350 g/mol. The molecule has 0 bridgehead atoms. The molecule has 1 aromatic carbocycles. The van der Waals surface area contributed by atoms with Gasteiger partial charge >= 0.3 is 133 Å². The summed E-state index contributed by atoms with van der Waals surface area (Å²) in [6.45, 7) is 13.9. The summed E-state index contributed by atoms with van der Waals surface area (Å²) in [6, 6.07) is 10.4. The van der Waals surface area contributed by atoms with Gasteiger partial charge in [0.15, 0.2) is 0 Å². The zero-order valence-corrected chi connectivity index (χ0v) is 15.7. The van der Waals surface area contributed by atoms with Crippen molar-refractivity contribution in [3.63, 3.8) is 0 Å². The van der Waals surface area contributed by atoms with E-state index in [4.69, 9.17) is 4.99 Å². The molecule has 0 aromatic heterocycles. The summed E-state index contributed by atoms with van der Waals surface area (Å²) in [5.74, 6) is 0. The molecule has 0 aliphatic carbocycles. The first-order valence-corrected chi connectivity index (χ1v) is 11.5. The molecule has 1 atom stereocenters. The topological polar surface area (TPSA) is 12.4 Å². The van der Waals surface area contributed by atoms with E-state index in [0.29, 0.717) is 5.54 Å². The second kappa shape index (κ2) is 7.80. The number of hydrogen-bond acceptors (Lipinski definition) is 1. The molecule has 0 fully saturated rings. The van der Waals surface area contributed by atoms with Gasteiger partial charge in [-0.15, -0.1) is 0 Å². The Bertz CT molecular complexity index is 508. The number of rotatable bonds is 6. The fourth-order valence-electron chi connectivity index (χ4n) is 2.32. The third kappa shape index (κ3) is 4.92. The first-order chi connectivity index (χ1) is 9.40. The molecular weight excluding hydrogens is 325 g/mol. The van der Waals surface area contributed by atoms with Crippen LogP contribution in [0.5, 0.6) is 0 Å². The Morgan fingerprint density at radius 2 is 1.90 bits per heavy atom. The zero-order chi connectivity index (χ0) is 15.2. The molecule has 3 heteroatoms. The molecule has 0 aliphatic heterocycles. The average molecular weight is 349 g/mol. The first-order valence-electron chi connectivity index (χ1n) is 7.04. The summed E-state index contributed by atoms with van der Waals surface area (Å²) in [6.07, 6.45) is 0.991. The quantitative estimate of drug-likeness (QED) is 0.405. The third-order valence-electron chi connectivity index (χ3n) is 3.33. The van der Waals surface area contributed by atoms with E-state index in [1.807, 2.05) is 6.07 Å². The summed E-state index contributed by atoms with van der Waals surface area (Å²) < 4.78 is 1.11. The van der Waals surface area contributed by atoms with Crippen LogP contribution in [0.15, 0.2) is 53.2 Å². The van der Waals surface area contributed by atoms with Crippen LogP contribution in [0.25, 0.3) is 0 Å². The Hall–Kier alpha value is -0.854.